The molecule has 0 atom stereocenters. The van der Waals surface area contributed by atoms with Gasteiger partial charge in [-0.15, -0.1) is 0 Å². The van der Waals surface area contributed by atoms with Crippen molar-refractivity contribution in [1.82, 2.24) is 20.4 Å². The largest absolute Gasteiger partial charge is 0.370 e. The van der Waals surface area contributed by atoms with Gasteiger partial charge in [-0.25, -0.2) is 15.4 Å². The van der Waals surface area contributed by atoms with Crippen molar-refractivity contribution in [1.29, 1.82) is 0 Å². The van der Waals surface area contributed by atoms with Gasteiger partial charge in [0.25, 0.3) is 5.91 Å². The minimum Gasteiger partial charge on any atom is -0.370 e. The third-order valence-electron chi connectivity index (χ3n) is 4.24. The topological polar surface area (TPSA) is 100 Å². The number of hydrogen-bond acceptors (Lipinski definition) is 6. The molecule has 0 saturated carbocycles. The molecule has 1 aromatic carbocycles. The molecule has 1 amide bonds. The first-order valence-electron chi connectivity index (χ1n) is 9.65. The Morgan fingerprint density at radius 3 is 2.53 bits per heavy atom. The highest BCUT2D eigenvalue weighted by atomic mass is 16.5. The molecule has 0 aliphatic heterocycles. The van der Waals surface area contributed by atoms with Crippen LogP contribution >= 0.6 is 0 Å². The molecular formula is C23H23N5O2. The van der Waals surface area contributed by atoms with Crippen LogP contribution in [-0.2, 0) is 0 Å². The molecule has 2 heterocycles. The lowest BCUT2D eigenvalue weighted by atomic mass is 10.1. The molecule has 7 nitrogen and oxygen atoms in total. The molecule has 3 rings (SSSR count). The van der Waals surface area contributed by atoms with Crippen LogP contribution in [0, 0.1) is 17.8 Å². The molecule has 0 aliphatic rings. The Hall–Kier alpha value is -3.76. The van der Waals surface area contributed by atoms with E-state index in [1.54, 1.807) is 17.9 Å². The second-order valence-corrected chi connectivity index (χ2v) is 7.08. The summed E-state index contributed by atoms with van der Waals surface area (Å²) in [5, 5.41) is 12.2. The number of pyridine rings is 1. The Balaban J connectivity index is 1.84. The quantitative estimate of drug-likeness (QED) is 0.332. The van der Waals surface area contributed by atoms with Gasteiger partial charge in [0.15, 0.2) is 5.82 Å². The lowest BCUT2D eigenvalue weighted by Gasteiger charge is -2.10. The summed E-state index contributed by atoms with van der Waals surface area (Å²) in [6.07, 6.45) is 4.38. The fraction of sp³-hybridized carbons (Fsp3) is 0.217. The highest BCUT2D eigenvalue weighted by molar-refractivity contribution is 5.92. The zero-order chi connectivity index (χ0) is 21.3. The maximum Gasteiger partial charge on any atom is 0.293 e. The minimum atomic E-state index is -0.690. The van der Waals surface area contributed by atoms with Crippen molar-refractivity contribution in [3.05, 3.63) is 71.7 Å². The zero-order valence-corrected chi connectivity index (χ0v) is 16.9. The first-order chi connectivity index (χ1) is 14.5. The normalized spacial score (nSPS) is 10.3. The first kappa shape index (κ1) is 21.0. The van der Waals surface area contributed by atoms with Gasteiger partial charge in [0, 0.05) is 41.7 Å². The monoisotopic (exact) mass is 401 g/mol. The van der Waals surface area contributed by atoms with Gasteiger partial charge in [0.1, 0.15) is 11.5 Å². The van der Waals surface area contributed by atoms with Crippen LogP contribution in [0.25, 0.3) is 11.4 Å². The molecule has 2 aromatic heterocycles. The van der Waals surface area contributed by atoms with Crippen LogP contribution in [0.1, 0.15) is 41.9 Å². The summed E-state index contributed by atoms with van der Waals surface area (Å²) in [6, 6.07) is 12.7. The molecule has 152 valence electrons. The summed E-state index contributed by atoms with van der Waals surface area (Å²) in [7, 11) is 0. The standard InChI is InChI=1S/C23H23N5O2/c1-16(2)11-13-25-21-14-20(23(29)28-30)26-22(27-21)19-9-7-17(8-10-19)5-6-18-4-3-12-24-15-18/h3-4,7-10,12,14-16,30H,11,13H2,1-2H3,(H,28,29)(H,25,26,27). The van der Waals surface area contributed by atoms with Gasteiger partial charge in [0.2, 0.25) is 0 Å². The molecule has 3 N–H and O–H groups in total. The average molecular weight is 401 g/mol. The van der Waals surface area contributed by atoms with E-state index in [1.165, 1.54) is 6.07 Å². The summed E-state index contributed by atoms with van der Waals surface area (Å²) < 4.78 is 0. The van der Waals surface area contributed by atoms with Gasteiger partial charge >= 0.3 is 0 Å². The number of benzene rings is 1. The lowest BCUT2D eigenvalue weighted by molar-refractivity contribution is 0.0700. The molecule has 0 unspecified atom stereocenters. The first-order valence-corrected chi connectivity index (χ1v) is 9.65. The van der Waals surface area contributed by atoms with Crippen molar-refractivity contribution < 1.29 is 10.0 Å². The summed E-state index contributed by atoms with van der Waals surface area (Å²) in [5.41, 5.74) is 4.11. The highest BCUT2D eigenvalue weighted by Crippen LogP contribution is 2.19. The Labute approximate surface area is 175 Å². The smallest absolute Gasteiger partial charge is 0.293 e. The van der Waals surface area contributed by atoms with Gasteiger partial charge in [0.05, 0.1) is 0 Å². The Morgan fingerprint density at radius 2 is 1.87 bits per heavy atom. The number of rotatable bonds is 6. The number of hydrogen-bond donors (Lipinski definition) is 3. The molecule has 7 heteroatoms. The van der Waals surface area contributed by atoms with Crippen LogP contribution < -0.4 is 10.8 Å². The number of aromatic nitrogens is 3. The number of anilines is 1. The fourth-order valence-electron chi connectivity index (χ4n) is 2.61. The van der Waals surface area contributed by atoms with Gasteiger partial charge in [-0.05, 0) is 48.7 Å². The summed E-state index contributed by atoms with van der Waals surface area (Å²) in [4.78, 5) is 24.7. The number of amides is 1. The van der Waals surface area contributed by atoms with E-state index in [9.17, 15) is 4.79 Å². The maximum absolute atomic E-state index is 11.9. The van der Waals surface area contributed by atoms with Crippen LogP contribution in [0.3, 0.4) is 0 Å². The number of hydroxylamine groups is 1. The van der Waals surface area contributed by atoms with E-state index >= 15 is 0 Å². The lowest BCUT2D eigenvalue weighted by Crippen LogP contribution is -2.21. The predicted molar refractivity (Wildman–Crippen MR) is 115 cm³/mol. The van der Waals surface area contributed by atoms with Crippen molar-refractivity contribution in [2.45, 2.75) is 20.3 Å². The molecule has 0 fully saturated rings. The van der Waals surface area contributed by atoms with Gasteiger partial charge in [-0.1, -0.05) is 25.7 Å². The Bertz CT molecular complexity index is 1050. The van der Waals surface area contributed by atoms with Gasteiger partial charge in [-0.3, -0.25) is 15.0 Å². The Kier molecular flexibility index (Phi) is 7.09. The van der Waals surface area contributed by atoms with E-state index in [-0.39, 0.29) is 5.69 Å². The molecule has 0 saturated heterocycles. The van der Waals surface area contributed by atoms with Crippen LogP contribution in [0.2, 0.25) is 0 Å². The van der Waals surface area contributed by atoms with Crippen molar-refractivity contribution in [3.63, 3.8) is 0 Å². The average Bonchev–Trinajstić information content (AvgIpc) is 2.77. The third-order valence-corrected chi connectivity index (χ3v) is 4.24. The summed E-state index contributed by atoms with van der Waals surface area (Å²) in [5.74, 6) is 6.91. The van der Waals surface area contributed by atoms with Crippen molar-refractivity contribution in [3.8, 4) is 23.2 Å². The third kappa shape index (κ3) is 5.87. The molecule has 30 heavy (non-hydrogen) atoms. The predicted octanol–water partition coefficient (Wildman–Crippen LogP) is 3.52. The number of nitrogens with zero attached hydrogens (tertiary/aromatic N) is 3. The second kappa shape index (κ2) is 10.1. The van der Waals surface area contributed by atoms with E-state index in [0.29, 0.717) is 17.6 Å². The number of carbonyl (C=O) groups is 1. The SMILES string of the molecule is CC(C)CCNc1cc(C(=O)NO)nc(-c2ccc(C#Cc3cccnc3)cc2)n1. The molecule has 3 aromatic rings. The van der Waals surface area contributed by atoms with Crippen molar-refractivity contribution in [2.75, 3.05) is 11.9 Å². The molecular weight excluding hydrogens is 378 g/mol. The highest BCUT2D eigenvalue weighted by Gasteiger charge is 2.12. The Morgan fingerprint density at radius 1 is 1.10 bits per heavy atom. The fourth-order valence-corrected chi connectivity index (χ4v) is 2.61. The molecule has 0 aliphatic carbocycles. The second-order valence-electron chi connectivity index (χ2n) is 7.08. The van der Waals surface area contributed by atoms with E-state index in [1.807, 2.05) is 36.4 Å². The molecule has 0 bridgehead atoms. The summed E-state index contributed by atoms with van der Waals surface area (Å²) >= 11 is 0. The van der Waals surface area contributed by atoms with Gasteiger partial charge in [-0.2, -0.15) is 0 Å². The molecule has 0 radical (unpaired) electrons. The van der Waals surface area contributed by atoms with E-state index in [4.69, 9.17) is 5.21 Å². The maximum atomic E-state index is 11.9. The minimum absolute atomic E-state index is 0.0787. The number of carbonyl (C=O) groups excluding carboxylic acids is 1. The van der Waals surface area contributed by atoms with Crippen LogP contribution in [0.5, 0.6) is 0 Å². The van der Waals surface area contributed by atoms with Gasteiger partial charge < -0.3 is 5.32 Å². The van der Waals surface area contributed by atoms with Crippen LogP contribution in [0.4, 0.5) is 5.82 Å². The van der Waals surface area contributed by atoms with Crippen LogP contribution in [-0.4, -0.2) is 32.6 Å². The van der Waals surface area contributed by atoms with E-state index < -0.39 is 5.91 Å². The van der Waals surface area contributed by atoms with Crippen LogP contribution in [0.15, 0.2) is 54.9 Å². The van der Waals surface area contributed by atoms with Crippen molar-refractivity contribution >= 4 is 11.7 Å². The summed E-state index contributed by atoms with van der Waals surface area (Å²) in [6.45, 7) is 4.99. The number of nitrogens with one attached hydrogen (secondary N) is 2. The molecule has 0 spiro atoms. The van der Waals surface area contributed by atoms with E-state index in [0.717, 1.165) is 29.7 Å². The zero-order valence-electron chi connectivity index (χ0n) is 16.9. The van der Waals surface area contributed by atoms with E-state index in [2.05, 4.69) is 46.0 Å². The van der Waals surface area contributed by atoms with Crippen molar-refractivity contribution in [2.24, 2.45) is 5.92 Å².